The molecule has 0 bridgehead atoms. The summed E-state index contributed by atoms with van der Waals surface area (Å²) in [6.45, 7) is 3.74. The Morgan fingerprint density at radius 2 is 2.10 bits per heavy atom. The van der Waals surface area contributed by atoms with Crippen molar-refractivity contribution in [1.29, 1.82) is 0 Å². The van der Waals surface area contributed by atoms with Crippen molar-refractivity contribution in [2.45, 2.75) is 20.4 Å². The molecule has 0 aliphatic carbocycles. The number of anilines is 1. The summed E-state index contributed by atoms with van der Waals surface area (Å²) in [5, 5.41) is 16.1. The van der Waals surface area contributed by atoms with E-state index in [4.69, 9.17) is 5.11 Å². The van der Waals surface area contributed by atoms with Gasteiger partial charge in [0, 0.05) is 24.7 Å². The van der Waals surface area contributed by atoms with E-state index < -0.39 is 5.97 Å². The van der Waals surface area contributed by atoms with Gasteiger partial charge in [-0.25, -0.2) is 4.79 Å². The third-order valence-electron chi connectivity index (χ3n) is 2.78. The average Bonchev–Trinajstić information content (AvgIpc) is 2.82. The van der Waals surface area contributed by atoms with E-state index in [9.17, 15) is 9.59 Å². The summed E-state index contributed by atoms with van der Waals surface area (Å²) < 4.78 is 1.43. The largest absolute Gasteiger partial charge is 0.477 e. The molecule has 20 heavy (non-hydrogen) atoms. The second kappa shape index (κ2) is 5.56. The van der Waals surface area contributed by atoms with E-state index in [0.29, 0.717) is 17.9 Å². The molecular weight excluding hydrogens is 258 g/mol. The van der Waals surface area contributed by atoms with Crippen LogP contribution in [0.15, 0.2) is 30.3 Å². The highest BCUT2D eigenvalue weighted by atomic mass is 16.4. The molecule has 0 atom stereocenters. The molecule has 0 fully saturated rings. The molecule has 2 aromatic rings. The molecule has 1 heterocycles. The maximum atomic E-state index is 11.1. The molecule has 2 N–H and O–H groups in total. The van der Waals surface area contributed by atoms with Crippen LogP contribution in [0.3, 0.4) is 0 Å². The number of aromatic nitrogens is 2. The molecule has 0 unspecified atom stereocenters. The maximum absolute atomic E-state index is 11.1. The highest BCUT2D eigenvalue weighted by Crippen LogP contribution is 2.22. The minimum Gasteiger partial charge on any atom is -0.477 e. The zero-order valence-corrected chi connectivity index (χ0v) is 11.3. The van der Waals surface area contributed by atoms with Crippen molar-refractivity contribution in [2.24, 2.45) is 0 Å². The molecule has 0 spiro atoms. The Bertz CT molecular complexity index is 661. The van der Waals surface area contributed by atoms with E-state index in [1.807, 2.05) is 13.0 Å². The molecule has 6 heteroatoms. The van der Waals surface area contributed by atoms with Crippen LogP contribution in [0, 0.1) is 0 Å². The summed E-state index contributed by atoms with van der Waals surface area (Å²) in [6.07, 6.45) is 0. The molecule has 2 rings (SSSR count). The number of benzene rings is 1. The van der Waals surface area contributed by atoms with E-state index in [1.54, 1.807) is 18.2 Å². The number of nitrogens with zero attached hydrogens (tertiary/aromatic N) is 2. The van der Waals surface area contributed by atoms with Crippen molar-refractivity contribution in [3.63, 3.8) is 0 Å². The first kappa shape index (κ1) is 13.8. The Balaban J connectivity index is 2.41. The van der Waals surface area contributed by atoms with Crippen molar-refractivity contribution in [2.75, 3.05) is 5.32 Å². The van der Waals surface area contributed by atoms with Crippen molar-refractivity contribution in [1.82, 2.24) is 9.78 Å². The monoisotopic (exact) mass is 273 g/mol. The van der Waals surface area contributed by atoms with Crippen LogP contribution in [0.2, 0.25) is 0 Å². The molecule has 0 saturated carbocycles. The lowest BCUT2D eigenvalue weighted by molar-refractivity contribution is -0.114. The van der Waals surface area contributed by atoms with Gasteiger partial charge in [-0.1, -0.05) is 12.1 Å². The fourth-order valence-electron chi connectivity index (χ4n) is 1.93. The van der Waals surface area contributed by atoms with Gasteiger partial charge in [-0.15, -0.1) is 0 Å². The van der Waals surface area contributed by atoms with E-state index >= 15 is 0 Å². The maximum Gasteiger partial charge on any atom is 0.354 e. The number of hydrogen-bond acceptors (Lipinski definition) is 3. The van der Waals surface area contributed by atoms with Gasteiger partial charge in [0.2, 0.25) is 5.91 Å². The molecule has 0 radical (unpaired) electrons. The van der Waals surface area contributed by atoms with Crippen LogP contribution >= 0.6 is 0 Å². The van der Waals surface area contributed by atoms with Crippen LogP contribution in [0.25, 0.3) is 11.3 Å². The van der Waals surface area contributed by atoms with Gasteiger partial charge in [0.05, 0.1) is 5.69 Å². The van der Waals surface area contributed by atoms with E-state index in [2.05, 4.69) is 10.4 Å². The lowest BCUT2D eigenvalue weighted by atomic mass is 10.1. The SMILES string of the molecule is CCn1nc(-c2cccc(NC(C)=O)c2)cc1C(=O)O. The van der Waals surface area contributed by atoms with Gasteiger partial charge < -0.3 is 10.4 Å². The number of amides is 1. The summed E-state index contributed by atoms with van der Waals surface area (Å²) >= 11 is 0. The zero-order chi connectivity index (χ0) is 14.7. The predicted molar refractivity (Wildman–Crippen MR) is 74.6 cm³/mol. The number of aromatic carboxylic acids is 1. The topological polar surface area (TPSA) is 84.2 Å². The third-order valence-corrected chi connectivity index (χ3v) is 2.78. The molecule has 6 nitrogen and oxygen atoms in total. The second-order valence-electron chi connectivity index (χ2n) is 4.30. The minimum atomic E-state index is -1.01. The van der Waals surface area contributed by atoms with E-state index in [0.717, 1.165) is 5.56 Å². The number of hydrogen-bond donors (Lipinski definition) is 2. The fraction of sp³-hybridized carbons (Fsp3) is 0.214. The van der Waals surface area contributed by atoms with Gasteiger partial charge in [-0.05, 0) is 25.1 Å². The Morgan fingerprint density at radius 1 is 1.35 bits per heavy atom. The molecule has 0 aliphatic heterocycles. The Kier molecular flexibility index (Phi) is 3.84. The van der Waals surface area contributed by atoms with Crippen LogP contribution < -0.4 is 5.32 Å². The summed E-state index contributed by atoms with van der Waals surface area (Å²) in [7, 11) is 0. The fourth-order valence-corrected chi connectivity index (χ4v) is 1.93. The summed E-state index contributed by atoms with van der Waals surface area (Å²) in [5.41, 5.74) is 2.12. The first-order chi connectivity index (χ1) is 9.51. The molecular formula is C14H15N3O3. The second-order valence-corrected chi connectivity index (χ2v) is 4.30. The normalized spacial score (nSPS) is 10.3. The zero-order valence-electron chi connectivity index (χ0n) is 11.3. The van der Waals surface area contributed by atoms with Crippen LogP contribution in [-0.4, -0.2) is 26.8 Å². The number of carbonyl (C=O) groups excluding carboxylic acids is 1. The highest BCUT2D eigenvalue weighted by molar-refractivity contribution is 5.90. The number of aryl methyl sites for hydroxylation is 1. The third kappa shape index (κ3) is 2.85. The predicted octanol–water partition coefficient (Wildman–Crippen LogP) is 2.23. The van der Waals surface area contributed by atoms with Crippen LogP contribution in [0.1, 0.15) is 24.3 Å². The van der Waals surface area contributed by atoms with Gasteiger partial charge in [0.1, 0.15) is 5.69 Å². The molecule has 1 amide bonds. The number of carboxylic acids is 1. The molecule has 0 saturated heterocycles. The lowest BCUT2D eigenvalue weighted by Gasteiger charge is -2.03. The summed E-state index contributed by atoms with van der Waals surface area (Å²) in [4.78, 5) is 22.2. The summed E-state index contributed by atoms with van der Waals surface area (Å²) in [5.74, 6) is -1.17. The highest BCUT2D eigenvalue weighted by Gasteiger charge is 2.14. The average molecular weight is 273 g/mol. The first-order valence-electron chi connectivity index (χ1n) is 6.20. The molecule has 104 valence electrons. The number of nitrogens with one attached hydrogen (secondary N) is 1. The van der Waals surface area contributed by atoms with Gasteiger partial charge in [-0.3, -0.25) is 9.48 Å². The Labute approximate surface area is 116 Å². The number of carbonyl (C=O) groups is 2. The quantitative estimate of drug-likeness (QED) is 0.894. The van der Waals surface area contributed by atoms with Gasteiger partial charge >= 0.3 is 5.97 Å². The molecule has 1 aromatic heterocycles. The van der Waals surface area contributed by atoms with E-state index in [1.165, 1.54) is 17.7 Å². The van der Waals surface area contributed by atoms with Gasteiger partial charge in [0.15, 0.2) is 0 Å². The van der Waals surface area contributed by atoms with Crippen molar-refractivity contribution in [3.05, 3.63) is 36.0 Å². The van der Waals surface area contributed by atoms with Crippen molar-refractivity contribution >= 4 is 17.6 Å². The van der Waals surface area contributed by atoms with Crippen molar-refractivity contribution < 1.29 is 14.7 Å². The Hall–Kier alpha value is -2.63. The van der Waals surface area contributed by atoms with Gasteiger partial charge in [-0.2, -0.15) is 5.10 Å². The Morgan fingerprint density at radius 3 is 2.65 bits per heavy atom. The standard InChI is InChI=1S/C14H15N3O3/c1-3-17-13(14(19)20)8-12(16-17)10-5-4-6-11(7-10)15-9(2)18/h4-8H,3H2,1-2H3,(H,15,18)(H,19,20). The smallest absolute Gasteiger partial charge is 0.354 e. The molecule has 1 aromatic carbocycles. The van der Waals surface area contributed by atoms with E-state index in [-0.39, 0.29) is 11.6 Å². The van der Waals surface area contributed by atoms with Crippen LogP contribution in [0.5, 0.6) is 0 Å². The van der Waals surface area contributed by atoms with Gasteiger partial charge in [0.25, 0.3) is 0 Å². The van der Waals surface area contributed by atoms with Crippen molar-refractivity contribution in [3.8, 4) is 11.3 Å². The first-order valence-corrected chi connectivity index (χ1v) is 6.20. The minimum absolute atomic E-state index is 0.146. The number of rotatable bonds is 4. The van der Waals surface area contributed by atoms with Crippen LogP contribution in [-0.2, 0) is 11.3 Å². The van der Waals surface area contributed by atoms with Crippen LogP contribution in [0.4, 0.5) is 5.69 Å². The lowest BCUT2D eigenvalue weighted by Crippen LogP contribution is -2.08. The number of carboxylic acid groups (broad SMARTS) is 1. The molecule has 0 aliphatic rings. The summed E-state index contributed by atoms with van der Waals surface area (Å²) in [6, 6.07) is 8.65.